The lowest BCUT2D eigenvalue weighted by Crippen LogP contribution is -2.35. The van der Waals surface area contributed by atoms with Crippen LogP contribution in [0.3, 0.4) is 0 Å². The van der Waals surface area contributed by atoms with Gasteiger partial charge < -0.3 is 14.2 Å². The molecule has 0 aliphatic heterocycles. The molecule has 44 heavy (non-hydrogen) atoms. The highest BCUT2D eigenvalue weighted by molar-refractivity contribution is 5.25. The van der Waals surface area contributed by atoms with Crippen LogP contribution in [0.4, 0.5) is 0 Å². The zero-order valence-electron chi connectivity index (χ0n) is 25.1. The molecule has 0 spiro atoms. The summed E-state index contributed by atoms with van der Waals surface area (Å²) in [6.45, 7) is 16.5. The largest absolute Gasteiger partial charge is 0.489 e. The third kappa shape index (κ3) is 11.1. The van der Waals surface area contributed by atoms with Crippen LogP contribution in [0.5, 0.6) is 17.2 Å². The quantitative estimate of drug-likeness (QED) is 0.121. The Labute approximate surface area is 260 Å². The second-order valence-electron chi connectivity index (χ2n) is 9.99. The first-order valence-corrected chi connectivity index (χ1v) is 14.6. The molecule has 0 radical (unpaired) electrons. The van der Waals surface area contributed by atoms with E-state index in [9.17, 15) is 0 Å². The Morgan fingerprint density at radius 1 is 0.500 bits per heavy atom. The monoisotopic (exact) mass is 592 g/mol. The Morgan fingerprint density at radius 2 is 0.886 bits per heavy atom. The molecule has 0 amide bonds. The maximum Gasteiger partial charge on any atom is 0.123 e. The lowest BCUT2D eigenvalue weighted by atomic mass is 10.2. The van der Waals surface area contributed by atoms with Crippen molar-refractivity contribution < 1.29 is 14.2 Å². The predicted molar refractivity (Wildman–Crippen MR) is 172 cm³/mol. The normalized spacial score (nSPS) is 10.9. The number of hydrogen-bond acceptors (Lipinski definition) is 9. The molecule has 0 atom stereocenters. The van der Waals surface area contributed by atoms with Crippen LogP contribution in [0.1, 0.15) is 22.8 Å². The molecule has 0 fully saturated rings. The van der Waals surface area contributed by atoms with Crippen molar-refractivity contribution in [3.8, 4) is 17.2 Å². The van der Waals surface area contributed by atoms with E-state index >= 15 is 0 Å². The van der Waals surface area contributed by atoms with Crippen LogP contribution in [-0.4, -0.2) is 62.6 Å². The SMILES string of the molecule is C=CCOc1ccnc(CN(CCN(Cc2cc(OCC=C)ccn2)Cc2cc(OCC=C)ccn2)Cc2ccccn2)c1. The van der Waals surface area contributed by atoms with Crippen molar-refractivity contribution in [2.45, 2.75) is 26.2 Å². The van der Waals surface area contributed by atoms with E-state index in [1.807, 2.05) is 60.8 Å². The predicted octanol–water partition coefficient (Wildman–Crippen LogP) is 5.67. The first-order chi connectivity index (χ1) is 21.6. The maximum absolute atomic E-state index is 5.76. The van der Waals surface area contributed by atoms with E-state index in [0.717, 1.165) is 53.1 Å². The lowest BCUT2D eigenvalue weighted by molar-refractivity contribution is 0.177. The highest BCUT2D eigenvalue weighted by atomic mass is 16.5. The summed E-state index contributed by atoms with van der Waals surface area (Å²) in [4.78, 5) is 23.1. The molecule has 4 aromatic rings. The van der Waals surface area contributed by atoms with Gasteiger partial charge in [0.05, 0.1) is 22.8 Å². The van der Waals surface area contributed by atoms with Gasteiger partial charge >= 0.3 is 0 Å². The molecule has 0 aliphatic rings. The van der Waals surface area contributed by atoms with Crippen LogP contribution in [0.2, 0.25) is 0 Å². The molecule has 4 aromatic heterocycles. The van der Waals surface area contributed by atoms with Crippen molar-refractivity contribution in [2.24, 2.45) is 0 Å². The van der Waals surface area contributed by atoms with Gasteiger partial charge in [0.1, 0.15) is 37.1 Å². The second kappa shape index (κ2) is 17.9. The van der Waals surface area contributed by atoms with Gasteiger partial charge in [0.25, 0.3) is 0 Å². The molecular weight excluding hydrogens is 552 g/mol. The second-order valence-corrected chi connectivity index (χ2v) is 9.99. The van der Waals surface area contributed by atoms with Gasteiger partial charge in [0.2, 0.25) is 0 Å². The minimum atomic E-state index is 0.435. The number of rotatable bonds is 20. The van der Waals surface area contributed by atoms with Gasteiger partial charge in [-0.2, -0.15) is 0 Å². The summed E-state index contributed by atoms with van der Waals surface area (Å²) in [6, 6.07) is 17.5. The smallest absolute Gasteiger partial charge is 0.123 e. The van der Waals surface area contributed by atoms with Crippen molar-refractivity contribution in [1.82, 2.24) is 29.7 Å². The van der Waals surface area contributed by atoms with Crippen LogP contribution in [-0.2, 0) is 26.2 Å². The van der Waals surface area contributed by atoms with Crippen LogP contribution in [0.15, 0.2) is 117 Å². The maximum atomic E-state index is 5.76. The number of ether oxygens (including phenoxy) is 3. The number of hydrogen-bond donors (Lipinski definition) is 0. The summed E-state index contributed by atoms with van der Waals surface area (Å²) >= 11 is 0. The first-order valence-electron chi connectivity index (χ1n) is 14.6. The zero-order valence-corrected chi connectivity index (χ0v) is 25.1. The Bertz CT molecular complexity index is 1410. The van der Waals surface area contributed by atoms with Crippen molar-refractivity contribution in [3.63, 3.8) is 0 Å². The van der Waals surface area contributed by atoms with Gasteiger partial charge in [0, 0.05) is 82.3 Å². The molecular formula is C35H40N6O3. The minimum absolute atomic E-state index is 0.435. The Balaban J connectivity index is 1.54. The first kappa shape index (κ1) is 32.1. The molecule has 0 aliphatic carbocycles. The molecule has 0 saturated heterocycles. The highest BCUT2D eigenvalue weighted by Crippen LogP contribution is 2.18. The summed E-state index contributed by atoms with van der Waals surface area (Å²) < 4.78 is 17.3. The van der Waals surface area contributed by atoms with E-state index in [1.165, 1.54) is 0 Å². The molecule has 4 heterocycles. The molecule has 0 unspecified atom stereocenters. The molecule has 9 heteroatoms. The minimum Gasteiger partial charge on any atom is -0.489 e. The highest BCUT2D eigenvalue weighted by Gasteiger charge is 2.15. The van der Waals surface area contributed by atoms with E-state index in [4.69, 9.17) is 14.2 Å². The third-order valence-corrected chi connectivity index (χ3v) is 6.47. The summed E-state index contributed by atoms with van der Waals surface area (Å²) in [5, 5.41) is 0. The van der Waals surface area contributed by atoms with Crippen LogP contribution >= 0.6 is 0 Å². The topological polar surface area (TPSA) is 85.7 Å². The average molecular weight is 593 g/mol. The van der Waals surface area contributed by atoms with Gasteiger partial charge in [-0.3, -0.25) is 29.7 Å². The fourth-order valence-corrected chi connectivity index (χ4v) is 4.48. The van der Waals surface area contributed by atoms with Gasteiger partial charge in [-0.05, 0) is 30.3 Å². The molecule has 0 aromatic carbocycles. The molecule has 0 N–H and O–H groups in total. The van der Waals surface area contributed by atoms with Gasteiger partial charge in [0.15, 0.2) is 0 Å². The molecule has 228 valence electrons. The third-order valence-electron chi connectivity index (χ3n) is 6.47. The van der Waals surface area contributed by atoms with Crippen LogP contribution in [0.25, 0.3) is 0 Å². The molecule has 4 rings (SSSR count). The molecule has 9 nitrogen and oxygen atoms in total. The lowest BCUT2D eigenvalue weighted by Gasteiger charge is -2.27. The van der Waals surface area contributed by atoms with E-state index in [-0.39, 0.29) is 0 Å². The van der Waals surface area contributed by atoms with Crippen LogP contribution in [0, 0.1) is 0 Å². The average Bonchev–Trinajstić information content (AvgIpc) is 3.05. The number of aromatic nitrogens is 4. The van der Waals surface area contributed by atoms with Gasteiger partial charge in [-0.25, -0.2) is 0 Å². The number of nitrogens with zero attached hydrogens (tertiary/aromatic N) is 6. The van der Waals surface area contributed by atoms with Crippen molar-refractivity contribution in [2.75, 3.05) is 32.9 Å². The van der Waals surface area contributed by atoms with E-state index in [2.05, 4.69) is 49.5 Å². The fourth-order valence-electron chi connectivity index (χ4n) is 4.48. The number of pyridine rings is 4. The van der Waals surface area contributed by atoms with Crippen molar-refractivity contribution >= 4 is 0 Å². The van der Waals surface area contributed by atoms with Gasteiger partial charge in [-0.1, -0.05) is 44.0 Å². The van der Waals surface area contributed by atoms with Crippen molar-refractivity contribution in [1.29, 1.82) is 0 Å². The standard InChI is InChI=1S/C35H40N6O3/c1-4-19-42-33-10-14-37-30(22-33)26-40(25-29-9-7-8-13-36-29)17-18-41(27-31-23-34(11-15-38-31)43-20-5-2)28-32-24-35(12-16-39-32)44-21-6-3/h4-16,22-24H,1-3,17-21,25-28H2. The van der Waals surface area contributed by atoms with Gasteiger partial charge in [-0.15, -0.1) is 0 Å². The fraction of sp³-hybridized carbons (Fsp3) is 0.257. The van der Waals surface area contributed by atoms with E-state index in [1.54, 1.807) is 36.8 Å². The Kier molecular flexibility index (Phi) is 13.1. The summed E-state index contributed by atoms with van der Waals surface area (Å²) in [5.41, 5.74) is 3.70. The molecule has 0 bridgehead atoms. The summed E-state index contributed by atoms with van der Waals surface area (Å²) in [6.07, 6.45) is 12.3. The zero-order chi connectivity index (χ0) is 30.8. The Morgan fingerprint density at radius 3 is 1.25 bits per heavy atom. The van der Waals surface area contributed by atoms with E-state index in [0.29, 0.717) is 46.0 Å². The van der Waals surface area contributed by atoms with E-state index < -0.39 is 0 Å². The summed E-state index contributed by atoms with van der Waals surface area (Å²) in [7, 11) is 0. The van der Waals surface area contributed by atoms with Crippen LogP contribution < -0.4 is 14.2 Å². The molecule has 0 saturated carbocycles. The Hall–Kier alpha value is -4.86. The summed E-state index contributed by atoms with van der Waals surface area (Å²) in [5.74, 6) is 2.28. The van der Waals surface area contributed by atoms with Crippen molar-refractivity contribution in [3.05, 3.63) is 140 Å².